The van der Waals surface area contributed by atoms with Gasteiger partial charge < -0.3 is 5.11 Å². The van der Waals surface area contributed by atoms with Gasteiger partial charge in [0.05, 0.1) is 0 Å². The molecule has 0 spiro atoms. The van der Waals surface area contributed by atoms with Gasteiger partial charge in [0.2, 0.25) is 0 Å². The van der Waals surface area contributed by atoms with Crippen LogP contribution in [0.2, 0.25) is 0 Å². The van der Waals surface area contributed by atoms with Gasteiger partial charge in [0.15, 0.2) is 0 Å². The number of hydrogen-bond donors (Lipinski definition) is 1. The van der Waals surface area contributed by atoms with E-state index >= 15 is 0 Å². The van der Waals surface area contributed by atoms with Crippen molar-refractivity contribution in [2.75, 3.05) is 0 Å². The Kier molecular flexibility index (Phi) is 2.23. The highest BCUT2D eigenvalue weighted by Gasteiger charge is 2.48. The number of aliphatic hydroxyl groups is 1. The normalized spacial score (nSPS) is 44.8. The molecule has 4 atom stereocenters. The zero-order chi connectivity index (χ0) is 12.2. The van der Waals surface area contributed by atoms with Crippen molar-refractivity contribution in [3.8, 4) is 0 Å². The summed E-state index contributed by atoms with van der Waals surface area (Å²) in [6.07, 6.45) is 19.5. The van der Waals surface area contributed by atoms with E-state index in [4.69, 9.17) is 0 Å². The van der Waals surface area contributed by atoms with E-state index in [1.165, 1.54) is 36.8 Å². The van der Waals surface area contributed by atoms with Crippen LogP contribution in [0.3, 0.4) is 0 Å². The van der Waals surface area contributed by atoms with Crippen molar-refractivity contribution in [1.29, 1.82) is 0 Å². The van der Waals surface area contributed by atoms with E-state index < -0.39 is 5.60 Å². The summed E-state index contributed by atoms with van der Waals surface area (Å²) in [4.78, 5) is 0. The second-order valence-corrected chi connectivity index (χ2v) is 6.22. The van der Waals surface area contributed by atoms with E-state index in [0.29, 0.717) is 11.8 Å². The van der Waals surface area contributed by atoms with Gasteiger partial charge >= 0.3 is 0 Å². The lowest BCUT2D eigenvalue weighted by atomic mass is 9.61. The molecule has 0 radical (unpaired) electrons. The van der Waals surface area contributed by atoms with E-state index in [1.54, 1.807) is 0 Å². The Labute approximate surface area is 109 Å². The van der Waals surface area contributed by atoms with Crippen LogP contribution >= 0.6 is 0 Å². The van der Waals surface area contributed by atoms with Gasteiger partial charge in [-0.2, -0.15) is 0 Å². The van der Waals surface area contributed by atoms with Crippen LogP contribution in [0.15, 0.2) is 47.6 Å². The van der Waals surface area contributed by atoms with Gasteiger partial charge in [-0.15, -0.1) is 0 Å². The first-order valence-electron chi connectivity index (χ1n) is 7.29. The molecule has 1 fully saturated rings. The lowest BCUT2D eigenvalue weighted by Gasteiger charge is -2.47. The van der Waals surface area contributed by atoms with Crippen LogP contribution in [0.1, 0.15) is 32.1 Å². The Bertz CT molecular complexity index is 494. The SMILES string of the molecule is O[C@@]12C=CC3CCCC[C@@H]3C1=CC=C1C=CC[C@H]12. The van der Waals surface area contributed by atoms with E-state index in [2.05, 4.69) is 36.5 Å². The molecule has 0 bridgehead atoms. The van der Waals surface area contributed by atoms with Gasteiger partial charge in [-0.3, -0.25) is 0 Å². The first-order chi connectivity index (χ1) is 8.79. The first kappa shape index (κ1) is 10.8. The smallest absolute Gasteiger partial charge is 0.111 e. The summed E-state index contributed by atoms with van der Waals surface area (Å²) in [6.45, 7) is 0. The van der Waals surface area contributed by atoms with Gasteiger partial charge in [0.25, 0.3) is 0 Å². The van der Waals surface area contributed by atoms with Crippen LogP contribution in [-0.4, -0.2) is 10.7 Å². The zero-order valence-corrected chi connectivity index (χ0v) is 10.7. The quantitative estimate of drug-likeness (QED) is 0.642. The molecule has 1 saturated carbocycles. The third kappa shape index (κ3) is 1.31. The van der Waals surface area contributed by atoms with Crippen molar-refractivity contribution in [2.24, 2.45) is 17.8 Å². The fourth-order valence-electron chi connectivity index (χ4n) is 4.40. The summed E-state index contributed by atoms with van der Waals surface area (Å²) in [5.74, 6) is 1.54. The maximum Gasteiger partial charge on any atom is 0.111 e. The summed E-state index contributed by atoms with van der Waals surface area (Å²) >= 11 is 0. The van der Waals surface area contributed by atoms with Crippen molar-refractivity contribution in [3.63, 3.8) is 0 Å². The molecule has 0 aromatic carbocycles. The molecule has 4 aliphatic carbocycles. The van der Waals surface area contributed by atoms with Crippen LogP contribution in [0.4, 0.5) is 0 Å². The average Bonchev–Trinajstić information content (AvgIpc) is 2.88. The zero-order valence-electron chi connectivity index (χ0n) is 10.7. The maximum absolute atomic E-state index is 11.2. The summed E-state index contributed by atoms with van der Waals surface area (Å²) in [7, 11) is 0. The lowest BCUT2D eigenvalue weighted by molar-refractivity contribution is 0.0546. The highest BCUT2D eigenvalue weighted by atomic mass is 16.3. The molecule has 1 nitrogen and oxygen atoms in total. The topological polar surface area (TPSA) is 20.2 Å². The molecule has 4 aliphatic rings. The minimum absolute atomic E-state index is 0.275. The first-order valence-corrected chi connectivity index (χ1v) is 7.29. The predicted octanol–water partition coefficient (Wildman–Crippen LogP) is 3.54. The molecular formula is C17H20O. The van der Waals surface area contributed by atoms with Crippen LogP contribution in [0, 0.1) is 17.8 Å². The van der Waals surface area contributed by atoms with Crippen LogP contribution < -0.4 is 0 Å². The predicted molar refractivity (Wildman–Crippen MR) is 73.0 cm³/mol. The molecule has 94 valence electrons. The van der Waals surface area contributed by atoms with Crippen molar-refractivity contribution in [1.82, 2.24) is 0 Å². The standard InChI is InChI=1S/C17H20O/c18-17-11-10-12-4-1-2-6-14(12)16(17)9-8-13-5-3-7-15(13)17/h3,5,8-12,14-15,18H,1-2,4,6-7H2/t12?,14-,15+,17+/m0/s1. The molecule has 0 saturated heterocycles. The fraction of sp³-hybridized carbons (Fsp3) is 0.529. The van der Waals surface area contributed by atoms with E-state index in [9.17, 15) is 5.11 Å². The lowest BCUT2D eigenvalue weighted by Crippen LogP contribution is -2.46. The van der Waals surface area contributed by atoms with Crippen LogP contribution in [0.25, 0.3) is 0 Å². The molecule has 1 unspecified atom stereocenters. The van der Waals surface area contributed by atoms with Gasteiger partial charge in [-0.25, -0.2) is 0 Å². The van der Waals surface area contributed by atoms with E-state index in [-0.39, 0.29) is 5.92 Å². The van der Waals surface area contributed by atoms with Crippen molar-refractivity contribution in [3.05, 3.63) is 47.6 Å². The molecule has 1 heteroatoms. The van der Waals surface area contributed by atoms with Gasteiger partial charge in [-0.05, 0) is 42.2 Å². The molecule has 0 aromatic heterocycles. The van der Waals surface area contributed by atoms with Gasteiger partial charge in [-0.1, -0.05) is 49.3 Å². The highest BCUT2D eigenvalue weighted by molar-refractivity contribution is 5.49. The molecule has 0 amide bonds. The Balaban J connectivity index is 1.81. The molecule has 0 aliphatic heterocycles. The number of rotatable bonds is 0. The second kappa shape index (κ2) is 3.71. The van der Waals surface area contributed by atoms with Crippen LogP contribution in [0.5, 0.6) is 0 Å². The highest BCUT2D eigenvalue weighted by Crippen LogP contribution is 2.51. The third-order valence-corrected chi connectivity index (χ3v) is 5.35. The Morgan fingerprint density at radius 2 is 2.06 bits per heavy atom. The van der Waals surface area contributed by atoms with E-state index in [1.807, 2.05) is 0 Å². The number of hydrogen-bond acceptors (Lipinski definition) is 1. The van der Waals surface area contributed by atoms with Crippen molar-refractivity contribution >= 4 is 0 Å². The van der Waals surface area contributed by atoms with E-state index in [0.717, 1.165) is 6.42 Å². The van der Waals surface area contributed by atoms with Gasteiger partial charge in [0.1, 0.15) is 5.60 Å². The largest absolute Gasteiger partial charge is 0.381 e. The minimum atomic E-state index is -0.688. The number of allylic oxidation sites excluding steroid dienone is 5. The second-order valence-electron chi connectivity index (χ2n) is 6.22. The van der Waals surface area contributed by atoms with Gasteiger partial charge in [0, 0.05) is 5.92 Å². The third-order valence-electron chi connectivity index (χ3n) is 5.35. The molecule has 1 N–H and O–H groups in total. The Morgan fingerprint density at radius 1 is 1.17 bits per heavy atom. The molecule has 4 rings (SSSR count). The summed E-state index contributed by atoms with van der Waals surface area (Å²) in [5, 5.41) is 11.2. The molecule has 0 heterocycles. The summed E-state index contributed by atoms with van der Waals surface area (Å²) in [5.41, 5.74) is 1.92. The summed E-state index contributed by atoms with van der Waals surface area (Å²) < 4.78 is 0. The molecule has 18 heavy (non-hydrogen) atoms. The van der Waals surface area contributed by atoms with Crippen LogP contribution in [-0.2, 0) is 0 Å². The monoisotopic (exact) mass is 240 g/mol. The summed E-state index contributed by atoms with van der Waals surface area (Å²) in [6, 6.07) is 0. The Hall–Kier alpha value is -1.08. The average molecular weight is 240 g/mol. The number of fused-ring (bicyclic) bond motifs is 5. The van der Waals surface area contributed by atoms with Crippen molar-refractivity contribution in [2.45, 2.75) is 37.7 Å². The molecular weight excluding hydrogens is 220 g/mol. The fourth-order valence-corrected chi connectivity index (χ4v) is 4.40. The minimum Gasteiger partial charge on any atom is -0.381 e. The Morgan fingerprint density at radius 3 is 3.00 bits per heavy atom. The van der Waals surface area contributed by atoms with Crippen molar-refractivity contribution < 1.29 is 5.11 Å². The molecule has 0 aromatic rings. The maximum atomic E-state index is 11.2.